The lowest BCUT2D eigenvalue weighted by molar-refractivity contribution is -0.122. The Labute approximate surface area is 112 Å². The summed E-state index contributed by atoms with van der Waals surface area (Å²) in [5, 5.41) is 5.57. The summed E-state index contributed by atoms with van der Waals surface area (Å²) in [7, 11) is 0. The van der Waals surface area contributed by atoms with Crippen molar-refractivity contribution in [3.63, 3.8) is 0 Å². The van der Waals surface area contributed by atoms with Crippen LogP contribution in [0.1, 0.15) is 26.3 Å². The van der Waals surface area contributed by atoms with E-state index in [4.69, 9.17) is 0 Å². The van der Waals surface area contributed by atoms with Crippen LogP contribution >= 0.6 is 0 Å². The molecule has 1 unspecified atom stereocenters. The topological polar surface area (TPSA) is 41.1 Å². The molecule has 1 rings (SSSR count). The second-order valence-corrected chi connectivity index (χ2v) is 4.94. The lowest BCUT2D eigenvalue weighted by Gasteiger charge is -2.15. The van der Waals surface area contributed by atoms with E-state index < -0.39 is 17.7 Å². The molecule has 0 aliphatic carbocycles. The average molecular weight is 270 g/mol. The number of halogens is 2. The first kappa shape index (κ1) is 15.6. The number of benzene rings is 1. The Hall–Kier alpha value is -1.49. The van der Waals surface area contributed by atoms with E-state index in [1.54, 1.807) is 6.92 Å². The van der Waals surface area contributed by atoms with Crippen LogP contribution in [-0.2, 0) is 11.3 Å². The van der Waals surface area contributed by atoms with Crippen LogP contribution in [0.2, 0.25) is 0 Å². The van der Waals surface area contributed by atoms with Gasteiger partial charge >= 0.3 is 0 Å². The summed E-state index contributed by atoms with van der Waals surface area (Å²) in [6.45, 7) is 6.21. The molecule has 1 amide bonds. The second kappa shape index (κ2) is 7.19. The molecule has 1 aromatic rings. The molecule has 0 aromatic heterocycles. The van der Waals surface area contributed by atoms with E-state index in [1.807, 2.05) is 13.8 Å². The van der Waals surface area contributed by atoms with Crippen LogP contribution in [0.25, 0.3) is 0 Å². The van der Waals surface area contributed by atoms with Crippen molar-refractivity contribution in [3.05, 3.63) is 35.4 Å². The molecular formula is C14H20F2N2O. The van der Waals surface area contributed by atoms with E-state index >= 15 is 0 Å². The lowest BCUT2D eigenvalue weighted by Crippen LogP contribution is -2.43. The molecule has 0 fully saturated rings. The largest absolute Gasteiger partial charge is 0.354 e. The van der Waals surface area contributed by atoms with Gasteiger partial charge in [-0.25, -0.2) is 8.78 Å². The molecule has 0 radical (unpaired) electrons. The van der Waals surface area contributed by atoms with Gasteiger partial charge in [0.2, 0.25) is 5.91 Å². The molecule has 19 heavy (non-hydrogen) atoms. The Morgan fingerprint density at radius 3 is 2.32 bits per heavy atom. The second-order valence-electron chi connectivity index (χ2n) is 4.94. The first-order valence-corrected chi connectivity index (χ1v) is 6.35. The number of rotatable bonds is 6. The Bertz CT molecular complexity index is 415. The maximum Gasteiger partial charge on any atom is 0.236 e. The van der Waals surface area contributed by atoms with Gasteiger partial charge in [-0.05, 0) is 25.0 Å². The van der Waals surface area contributed by atoms with Crippen LogP contribution < -0.4 is 10.6 Å². The number of nitrogens with one attached hydrogen (secondary N) is 2. The van der Waals surface area contributed by atoms with Gasteiger partial charge in [0.15, 0.2) is 0 Å². The minimum absolute atomic E-state index is 0.0191. The Morgan fingerprint density at radius 2 is 1.79 bits per heavy atom. The molecule has 3 nitrogen and oxygen atoms in total. The molecule has 106 valence electrons. The Kier molecular flexibility index (Phi) is 5.89. The molecule has 0 aliphatic rings. The van der Waals surface area contributed by atoms with E-state index in [-0.39, 0.29) is 18.0 Å². The van der Waals surface area contributed by atoms with Gasteiger partial charge in [-0.1, -0.05) is 19.9 Å². The van der Waals surface area contributed by atoms with Gasteiger partial charge in [-0.2, -0.15) is 0 Å². The minimum Gasteiger partial charge on any atom is -0.354 e. The molecule has 0 bridgehead atoms. The quantitative estimate of drug-likeness (QED) is 0.832. The fourth-order valence-corrected chi connectivity index (χ4v) is 1.51. The van der Waals surface area contributed by atoms with Crippen LogP contribution in [0, 0.1) is 17.6 Å². The zero-order valence-corrected chi connectivity index (χ0v) is 11.5. The van der Waals surface area contributed by atoms with Gasteiger partial charge in [-0.3, -0.25) is 4.79 Å². The fourth-order valence-electron chi connectivity index (χ4n) is 1.51. The highest BCUT2D eigenvalue weighted by Crippen LogP contribution is 2.11. The molecular weight excluding hydrogens is 250 g/mol. The first-order valence-electron chi connectivity index (χ1n) is 6.35. The fraction of sp³-hybridized carbons (Fsp3) is 0.500. The highest BCUT2D eigenvalue weighted by molar-refractivity contribution is 5.81. The van der Waals surface area contributed by atoms with Crippen molar-refractivity contribution < 1.29 is 13.6 Å². The normalized spacial score (nSPS) is 12.5. The van der Waals surface area contributed by atoms with E-state index in [1.165, 1.54) is 18.2 Å². The summed E-state index contributed by atoms with van der Waals surface area (Å²) in [5.74, 6) is -1.03. The maximum atomic E-state index is 13.4. The van der Waals surface area contributed by atoms with Gasteiger partial charge in [0.05, 0.1) is 6.04 Å². The standard InChI is InChI=1S/C14H20F2N2O/c1-9(2)7-18-14(19)10(3)17-8-11-12(15)5-4-6-13(11)16/h4-6,9-10,17H,7-8H2,1-3H3,(H,18,19). The van der Waals surface area contributed by atoms with Gasteiger partial charge in [-0.15, -0.1) is 0 Å². The summed E-state index contributed by atoms with van der Waals surface area (Å²) < 4.78 is 26.8. The highest BCUT2D eigenvalue weighted by atomic mass is 19.1. The average Bonchev–Trinajstić information content (AvgIpc) is 2.35. The molecule has 5 heteroatoms. The predicted octanol–water partition coefficient (Wildman–Crippen LogP) is 2.22. The molecule has 0 spiro atoms. The Balaban J connectivity index is 2.50. The van der Waals surface area contributed by atoms with E-state index in [0.29, 0.717) is 12.5 Å². The number of amides is 1. The van der Waals surface area contributed by atoms with Crippen LogP contribution in [0.4, 0.5) is 8.78 Å². The third-order valence-corrected chi connectivity index (χ3v) is 2.72. The highest BCUT2D eigenvalue weighted by Gasteiger charge is 2.14. The maximum absolute atomic E-state index is 13.4. The number of carbonyl (C=O) groups excluding carboxylic acids is 1. The summed E-state index contributed by atoms with van der Waals surface area (Å²) in [4.78, 5) is 11.7. The summed E-state index contributed by atoms with van der Waals surface area (Å²) in [5.41, 5.74) is -0.0500. The summed E-state index contributed by atoms with van der Waals surface area (Å²) >= 11 is 0. The van der Waals surface area contributed by atoms with Crippen molar-refractivity contribution in [2.75, 3.05) is 6.54 Å². The summed E-state index contributed by atoms with van der Waals surface area (Å²) in [6, 6.07) is 3.21. The van der Waals surface area contributed by atoms with E-state index in [2.05, 4.69) is 10.6 Å². The van der Waals surface area contributed by atoms with Crippen LogP contribution in [0.3, 0.4) is 0 Å². The van der Waals surface area contributed by atoms with Crippen molar-refractivity contribution in [1.82, 2.24) is 10.6 Å². The molecule has 1 aromatic carbocycles. The molecule has 2 N–H and O–H groups in total. The van der Waals surface area contributed by atoms with Crippen LogP contribution in [0.5, 0.6) is 0 Å². The summed E-state index contributed by atoms with van der Waals surface area (Å²) in [6.07, 6.45) is 0. The minimum atomic E-state index is -0.609. The van der Waals surface area contributed by atoms with Crippen molar-refractivity contribution >= 4 is 5.91 Å². The number of carbonyl (C=O) groups is 1. The predicted molar refractivity (Wildman–Crippen MR) is 70.5 cm³/mol. The molecule has 1 atom stereocenters. The van der Waals surface area contributed by atoms with Crippen molar-refractivity contribution in [3.8, 4) is 0 Å². The third-order valence-electron chi connectivity index (χ3n) is 2.72. The van der Waals surface area contributed by atoms with Crippen molar-refractivity contribution in [2.24, 2.45) is 5.92 Å². The lowest BCUT2D eigenvalue weighted by atomic mass is 10.1. The SMILES string of the molecule is CC(C)CNC(=O)C(C)NCc1c(F)cccc1F. The third kappa shape index (κ3) is 4.95. The molecule has 0 heterocycles. The van der Waals surface area contributed by atoms with Crippen molar-refractivity contribution in [1.29, 1.82) is 0 Å². The first-order chi connectivity index (χ1) is 8.91. The van der Waals surface area contributed by atoms with E-state index in [9.17, 15) is 13.6 Å². The van der Waals surface area contributed by atoms with Crippen molar-refractivity contribution in [2.45, 2.75) is 33.4 Å². The number of hydrogen-bond acceptors (Lipinski definition) is 2. The zero-order chi connectivity index (χ0) is 14.4. The smallest absolute Gasteiger partial charge is 0.236 e. The zero-order valence-electron chi connectivity index (χ0n) is 11.5. The van der Waals surface area contributed by atoms with E-state index in [0.717, 1.165) is 0 Å². The number of hydrogen-bond donors (Lipinski definition) is 2. The Morgan fingerprint density at radius 1 is 1.21 bits per heavy atom. The van der Waals surface area contributed by atoms with Crippen LogP contribution in [-0.4, -0.2) is 18.5 Å². The van der Waals surface area contributed by atoms with Gasteiger partial charge in [0.1, 0.15) is 11.6 Å². The van der Waals surface area contributed by atoms with Crippen LogP contribution in [0.15, 0.2) is 18.2 Å². The van der Waals surface area contributed by atoms with Gasteiger partial charge in [0.25, 0.3) is 0 Å². The monoisotopic (exact) mass is 270 g/mol. The molecule has 0 aliphatic heterocycles. The molecule has 0 saturated carbocycles. The van der Waals surface area contributed by atoms with Gasteiger partial charge in [0, 0.05) is 18.7 Å². The molecule has 0 saturated heterocycles. The van der Waals surface area contributed by atoms with Gasteiger partial charge < -0.3 is 10.6 Å².